The highest BCUT2D eigenvalue weighted by Crippen LogP contribution is 2.33. The number of aliphatic hydroxyl groups excluding tert-OH is 2. The molecule has 0 aromatic heterocycles. The molecule has 3 rings (SSSR count). The van der Waals surface area contributed by atoms with Crippen LogP contribution in [0, 0.1) is 0 Å². The molecule has 2 unspecified atom stereocenters. The fourth-order valence-corrected chi connectivity index (χ4v) is 3.29. The lowest BCUT2D eigenvalue weighted by Crippen LogP contribution is -2.19. The third-order valence-corrected chi connectivity index (χ3v) is 5.51. The van der Waals surface area contributed by atoms with Gasteiger partial charge < -0.3 is 29.9 Å². The number of aromatic carboxylic acids is 2. The molecule has 0 spiro atoms. The maximum atomic E-state index is 10.3. The molecule has 0 aliphatic carbocycles. The van der Waals surface area contributed by atoms with Gasteiger partial charge in [-0.05, 0) is 73.5 Å². The Balaban J connectivity index is 0.000000335. The molecular formula is C29H34O8. The van der Waals surface area contributed by atoms with Crippen molar-refractivity contribution in [1.82, 2.24) is 0 Å². The fraction of sp³-hybridized carbons (Fsp3) is 0.310. The Morgan fingerprint density at radius 2 is 0.946 bits per heavy atom. The molecule has 0 saturated heterocycles. The Labute approximate surface area is 216 Å². The first-order valence-corrected chi connectivity index (χ1v) is 11.8. The van der Waals surface area contributed by atoms with E-state index in [9.17, 15) is 19.8 Å². The van der Waals surface area contributed by atoms with E-state index in [1.807, 2.05) is 24.3 Å². The Morgan fingerprint density at radius 1 is 0.649 bits per heavy atom. The van der Waals surface area contributed by atoms with Crippen molar-refractivity contribution < 1.29 is 39.5 Å². The first kappa shape index (κ1) is 29.4. The summed E-state index contributed by atoms with van der Waals surface area (Å²) in [5, 5.41) is 35.5. The van der Waals surface area contributed by atoms with Gasteiger partial charge >= 0.3 is 11.9 Å². The van der Waals surface area contributed by atoms with Gasteiger partial charge in [0.15, 0.2) is 0 Å². The Morgan fingerprint density at radius 3 is 1.19 bits per heavy atom. The van der Waals surface area contributed by atoms with Crippen LogP contribution in [0.2, 0.25) is 0 Å². The van der Waals surface area contributed by atoms with Crippen LogP contribution in [0.5, 0.6) is 11.5 Å². The van der Waals surface area contributed by atoms with Gasteiger partial charge in [0, 0.05) is 5.41 Å². The number of ether oxygens (including phenoxy) is 2. The van der Waals surface area contributed by atoms with Crippen LogP contribution >= 0.6 is 0 Å². The van der Waals surface area contributed by atoms with Crippen molar-refractivity contribution >= 4 is 11.9 Å². The van der Waals surface area contributed by atoms with Crippen molar-refractivity contribution in [3.8, 4) is 11.5 Å². The van der Waals surface area contributed by atoms with Gasteiger partial charge in [0.05, 0.1) is 23.3 Å². The summed E-state index contributed by atoms with van der Waals surface area (Å²) in [6.07, 6.45) is -0.962. The minimum Gasteiger partial charge on any atom is -0.491 e. The lowest BCUT2D eigenvalue weighted by Gasteiger charge is -2.26. The van der Waals surface area contributed by atoms with Crippen molar-refractivity contribution in [3.63, 3.8) is 0 Å². The number of hydrogen-bond acceptors (Lipinski definition) is 6. The Hall–Kier alpha value is -3.88. The zero-order valence-corrected chi connectivity index (χ0v) is 21.4. The first-order chi connectivity index (χ1) is 17.4. The van der Waals surface area contributed by atoms with E-state index in [0.29, 0.717) is 0 Å². The van der Waals surface area contributed by atoms with E-state index in [-0.39, 0.29) is 29.8 Å². The van der Waals surface area contributed by atoms with Crippen LogP contribution in [-0.4, -0.2) is 57.8 Å². The minimum absolute atomic E-state index is 0.0833. The van der Waals surface area contributed by atoms with Crippen molar-refractivity contribution in [3.05, 3.63) is 95.1 Å². The summed E-state index contributed by atoms with van der Waals surface area (Å²) in [4.78, 5) is 20.7. The largest absolute Gasteiger partial charge is 0.491 e. The summed E-state index contributed by atoms with van der Waals surface area (Å²) >= 11 is 0. The Kier molecular flexibility index (Phi) is 10.7. The molecule has 2 atom stereocenters. The first-order valence-electron chi connectivity index (χ1n) is 11.8. The molecule has 0 saturated carbocycles. The number of rotatable bonds is 10. The second kappa shape index (κ2) is 13.4. The maximum absolute atomic E-state index is 10.3. The second-order valence-corrected chi connectivity index (χ2v) is 9.18. The van der Waals surface area contributed by atoms with Crippen LogP contribution in [0.1, 0.15) is 59.5 Å². The molecule has 4 N–H and O–H groups in total. The molecule has 0 bridgehead atoms. The number of carboxylic acid groups (broad SMARTS) is 2. The lowest BCUT2D eigenvalue weighted by atomic mass is 9.78. The predicted molar refractivity (Wildman–Crippen MR) is 140 cm³/mol. The van der Waals surface area contributed by atoms with Gasteiger partial charge in [-0.1, -0.05) is 38.1 Å². The quantitative estimate of drug-likeness (QED) is 0.311. The normalized spacial score (nSPS) is 12.5. The topological polar surface area (TPSA) is 134 Å². The lowest BCUT2D eigenvalue weighted by molar-refractivity contribution is 0.0681. The maximum Gasteiger partial charge on any atom is 0.335 e. The monoisotopic (exact) mass is 510 g/mol. The van der Waals surface area contributed by atoms with Gasteiger partial charge in [0.1, 0.15) is 24.7 Å². The van der Waals surface area contributed by atoms with E-state index in [1.54, 1.807) is 13.8 Å². The molecule has 8 nitrogen and oxygen atoms in total. The van der Waals surface area contributed by atoms with Crippen LogP contribution < -0.4 is 9.47 Å². The minimum atomic E-state index is -1.06. The summed E-state index contributed by atoms with van der Waals surface area (Å²) < 4.78 is 11.0. The SMILES string of the molecule is CC(O)COc1ccc(C(C)(C)c2ccc(OCC(C)O)cc2)cc1.O=C(O)c1ccc(C(=O)O)cc1. The van der Waals surface area contributed by atoms with Gasteiger partial charge in [-0.2, -0.15) is 0 Å². The molecular weight excluding hydrogens is 476 g/mol. The van der Waals surface area contributed by atoms with Gasteiger partial charge in [-0.15, -0.1) is 0 Å². The van der Waals surface area contributed by atoms with Crippen molar-refractivity contribution in [2.45, 2.75) is 45.3 Å². The van der Waals surface area contributed by atoms with E-state index >= 15 is 0 Å². The van der Waals surface area contributed by atoms with Crippen molar-refractivity contribution in [2.75, 3.05) is 13.2 Å². The van der Waals surface area contributed by atoms with E-state index < -0.39 is 24.1 Å². The van der Waals surface area contributed by atoms with Gasteiger partial charge in [-0.25, -0.2) is 9.59 Å². The molecule has 0 amide bonds. The molecule has 3 aromatic carbocycles. The standard InChI is InChI=1S/C21H28O4.C8H6O4/c1-15(22)13-24-19-9-5-17(6-10-19)21(3,4)18-7-11-20(12-8-18)25-14-16(2)23;9-7(10)5-1-2-6(4-3-5)8(11)12/h5-12,15-16,22-23H,13-14H2,1-4H3;1-4H,(H,9,10)(H,11,12). The molecule has 0 aliphatic heterocycles. The number of hydrogen-bond donors (Lipinski definition) is 4. The molecule has 0 aliphatic rings. The van der Waals surface area contributed by atoms with E-state index in [0.717, 1.165) is 11.5 Å². The highest BCUT2D eigenvalue weighted by Gasteiger charge is 2.23. The zero-order valence-electron chi connectivity index (χ0n) is 21.4. The van der Waals surface area contributed by atoms with Gasteiger partial charge in [-0.3, -0.25) is 0 Å². The van der Waals surface area contributed by atoms with E-state index in [4.69, 9.17) is 19.7 Å². The highest BCUT2D eigenvalue weighted by atomic mass is 16.5. The molecule has 0 radical (unpaired) electrons. The average molecular weight is 511 g/mol. The van der Waals surface area contributed by atoms with Crippen LogP contribution in [0.4, 0.5) is 0 Å². The van der Waals surface area contributed by atoms with Crippen LogP contribution in [0.3, 0.4) is 0 Å². The van der Waals surface area contributed by atoms with Crippen LogP contribution in [0.25, 0.3) is 0 Å². The molecule has 37 heavy (non-hydrogen) atoms. The number of carboxylic acids is 2. The van der Waals surface area contributed by atoms with Gasteiger partial charge in [0.25, 0.3) is 0 Å². The third-order valence-electron chi connectivity index (χ3n) is 5.51. The smallest absolute Gasteiger partial charge is 0.335 e. The summed E-state index contributed by atoms with van der Waals surface area (Å²) in [6, 6.07) is 20.9. The number of aliphatic hydroxyl groups is 2. The molecule has 198 valence electrons. The van der Waals surface area contributed by atoms with Crippen LogP contribution in [0.15, 0.2) is 72.8 Å². The van der Waals surface area contributed by atoms with Crippen LogP contribution in [-0.2, 0) is 5.41 Å². The average Bonchev–Trinajstić information content (AvgIpc) is 2.87. The fourth-order valence-electron chi connectivity index (χ4n) is 3.29. The van der Waals surface area contributed by atoms with E-state index in [1.165, 1.54) is 35.4 Å². The van der Waals surface area contributed by atoms with Gasteiger partial charge in [0.2, 0.25) is 0 Å². The van der Waals surface area contributed by atoms with Crippen molar-refractivity contribution in [1.29, 1.82) is 0 Å². The molecule has 8 heteroatoms. The predicted octanol–water partition coefficient (Wildman–Crippen LogP) is 4.61. The van der Waals surface area contributed by atoms with Crippen molar-refractivity contribution in [2.24, 2.45) is 0 Å². The summed E-state index contributed by atoms with van der Waals surface area (Å²) in [6.45, 7) is 8.32. The Bertz CT molecular complexity index is 1040. The summed E-state index contributed by atoms with van der Waals surface area (Å²) in [5.41, 5.74) is 2.36. The van der Waals surface area contributed by atoms with E-state index in [2.05, 4.69) is 38.1 Å². The second-order valence-electron chi connectivity index (χ2n) is 9.18. The molecule has 0 fully saturated rings. The zero-order chi connectivity index (χ0) is 27.6. The highest BCUT2D eigenvalue weighted by molar-refractivity contribution is 5.91. The third kappa shape index (κ3) is 9.25. The molecule has 3 aromatic rings. The number of carbonyl (C=O) groups is 2. The number of benzene rings is 3. The summed E-state index contributed by atoms with van der Waals surface area (Å²) in [5.74, 6) is -0.622. The summed E-state index contributed by atoms with van der Waals surface area (Å²) in [7, 11) is 0. The molecule has 0 heterocycles.